The van der Waals surface area contributed by atoms with Crippen molar-refractivity contribution in [1.29, 1.82) is 0 Å². The summed E-state index contributed by atoms with van der Waals surface area (Å²) in [6.07, 6.45) is 3.43. The molecule has 1 atom stereocenters. The third-order valence-electron chi connectivity index (χ3n) is 5.39. The van der Waals surface area contributed by atoms with Crippen LogP contribution >= 0.6 is 0 Å². The number of hydrogen-bond donors (Lipinski definition) is 1. The van der Waals surface area contributed by atoms with Crippen LogP contribution in [0.25, 0.3) is 16.9 Å². The van der Waals surface area contributed by atoms with Gasteiger partial charge in [0.05, 0.1) is 22.0 Å². The third kappa shape index (κ3) is 4.21. The van der Waals surface area contributed by atoms with E-state index in [0.29, 0.717) is 24.9 Å². The fourth-order valence-electron chi connectivity index (χ4n) is 3.63. The number of nitrogens with one attached hydrogen (secondary N) is 1. The first kappa shape index (κ1) is 21.9. The number of rotatable bonds is 8. The van der Waals surface area contributed by atoms with Crippen LogP contribution in [0.4, 0.5) is 5.95 Å². The summed E-state index contributed by atoms with van der Waals surface area (Å²) >= 11 is 0. The van der Waals surface area contributed by atoms with E-state index >= 15 is 0 Å². The van der Waals surface area contributed by atoms with E-state index in [9.17, 15) is 8.42 Å². The number of benzene rings is 2. The fourth-order valence-corrected chi connectivity index (χ4v) is 5.14. The predicted molar refractivity (Wildman–Crippen MR) is 125 cm³/mol. The van der Waals surface area contributed by atoms with Crippen LogP contribution in [-0.2, 0) is 10.0 Å². The Bertz CT molecular complexity index is 1330. The van der Waals surface area contributed by atoms with E-state index in [0.717, 1.165) is 16.6 Å². The molecule has 2 aromatic heterocycles. The summed E-state index contributed by atoms with van der Waals surface area (Å²) < 4.78 is 29.1. The number of para-hydroxylation sites is 2. The summed E-state index contributed by atoms with van der Waals surface area (Å²) in [5, 5.41) is 3.28. The molecule has 8 nitrogen and oxygen atoms in total. The summed E-state index contributed by atoms with van der Waals surface area (Å²) in [5.74, 6) is 1.14. The van der Waals surface area contributed by atoms with Crippen molar-refractivity contribution in [3.8, 4) is 5.82 Å². The maximum atomic E-state index is 12.9. The van der Waals surface area contributed by atoms with Gasteiger partial charge in [0.25, 0.3) is 0 Å². The van der Waals surface area contributed by atoms with Gasteiger partial charge in [-0.25, -0.2) is 18.4 Å². The van der Waals surface area contributed by atoms with Crippen LogP contribution < -0.4 is 5.32 Å². The van der Waals surface area contributed by atoms with Crippen LogP contribution in [0.15, 0.2) is 72.0 Å². The lowest BCUT2D eigenvalue weighted by Gasteiger charge is -2.20. The topological polar surface area (TPSA) is 93.0 Å². The molecule has 4 rings (SSSR count). The lowest BCUT2D eigenvalue weighted by Crippen LogP contribution is -2.30. The summed E-state index contributed by atoms with van der Waals surface area (Å²) in [7, 11) is -3.52. The quantitative estimate of drug-likeness (QED) is 0.436. The van der Waals surface area contributed by atoms with Crippen LogP contribution in [0.2, 0.25) is 0 Å². The number of nitrogens with zero attached hydrogens (tertiary/aromatic N) is 5. The molecule has 9 heteroatoms. The van der Waals surface area contributed by atoms with Gasteiger partial charge in [-0.15, -0.1) is 0 Å². The molecule has 0 saturated heterocycles. The van der Waals surface area contributed by atoms with E-state index < -0.39 is 10.0 Å². The van der Waals surface area contributed by atoms with E-state index in [-0.39, 0.29) is 10.9 Å². The van der Waals surface area contributed by atoms with Crippen LogP contribution in [0.3, 0.4) is 0 Å². The highest BCUT2D eigenvalue weighted by Gasteiger charge is 2.22. The van der Waals surface area contributed by atoms with Gasteiger partial charge in [-0.05, 0) is 42.8 Å². The van der Waals surface area contributed by atoms with Gasteiger partial charge >= 0.3 is 0 Å². The minimum absolute atomic E-state index is 0.198. The molecule has 0 amide bonds. The smallest absolute Gasteiger partial charge is 0.243 e. The maximum Gasteiger partial charge on any atom is 0.243 e. The Morgan fingerprint density at radius 2 is 1.81 bits per heavy atom. The zero-order valence-corrected chi connectivity index (χ0v) is 19.1. The Kier molecular flexibility index (Phi) is 6.20. The summed E-state index contributed by atoms with van der Waals surface area (Å²) in [5.41, 5.74) is 2.68. The number of sulfonamides is 1. The second-order valence-electron chi connectivity index (χ2n) is 7.37. The molecular weight excluding hydrogens is 424 g/mol. The SMILES string of the molecule is CCN(CC)S(=O)(=O)c1cccc(C(C)Nc2nccc(-n3cnc4ccccc43)n2)c1. The van der Waals surface area contributed by atoms with E-state index in [4.69, 9.17) is 0 Å². The lowest BCUT2D eigenvalue weighted by atomic mass is 10.1. The van der Waals surface area contributed by atoms with Crippen LogP contribution in [0.1, 0.15) is 32.4 Å². The molecule has 1 unspecified atom stereocenters. The zero-order chi connectivity index (χ0) is 22.7. The van der Waals surface area contributed by atoms with Gasteiger partial charge in [0.1, 0.15) is 12.1 Å². The molecule has 2 aromatic carbocycles. The minimum atomic E-state index is -3.52. The van der Waals surface area contributed by atoms with Gasteiger partial charge in [0.2, 0.25) is 16.0 Å². The first-order valence-corrected chi connectivity index (χ1v) is 12.0. The molecule has 1 N–H and O–H groups in total. The molecule has 0 bridgehead atoms. The van der Waals surface area contributed by atoms with Gasteiger partial charge < -0.3 is 5.32 Å². The molecule has 0 aliphatic carbocycles. The van der Waals surface area contributed by atoms with Crippen molar-refractivity contribution in [2.24, 2.45) is 0 Å². The monoisotopic (exact) mass is 450 g/mol. The first-order chi connectivity index (χ1) is 15.4. The van der Waals surface area contributed by atoms with Gasteiger partial charge in [-0.1, -0.05) is 38.1 Å². The second kappa shape index (κ2) is 9.05. The van der Waals surface area contributed by atoms with Gasteiger partial charge in [0, 0.05) is 19.3 Å². The predicted octanol–water partition coefficient (Wildman–Crippen LogP) is 4.02. The third-order valence-corrected chi connectivity index (χ3v) is 7.43. The average Bonchev–Trinajstić information content (AvgIpc) is 3.24. The summed E-state index contributed by atoms with van der Waals surface area (Å²) in [6, 6.07) is 16.5. The molecule has 32 heavy (non-hydrogen) atoms. The van der Waals surface area contributed by atoms with Crippen LogP contribution in [0.5, 0.6) is 0 Å². The van der Waals surface area contributed by atoms with Gasteiger partial charge in [-0.2, -0.15) is 9.29 Å². The average molecular weight is 451 g/mol. The maximum absolute atomic E-state index is 12.9. The highest BCUT2D eigenvalue weighted by molar-refractivity contribution is 7.89. The van der Waals surface area contributed by atoms with Crippen molar-refractivity contribution >= 4 is 27.0 Å². The van der Waals surface area contributed by atoms with Crippen molar-refractivity contribution in [2.45, 2.75) is 31.7 Å². The minimum Gasteiger partial charge on any atom is -0.348 e. The Morgan fingerprint density at radius 1 is 1.03 bits per heavy atom. The molecule has 166 valence electrons. The van der Waals surface area contributed by atoms with E-state index in [1.165, 1.54) is 4.31 Å². The highest BCUT2D eigenvalue weighted by Crippen LogP contribution is 2.23. The van der Waals surface area contributed by atoms with Crippen molar-refractivity contribution in [2.75, 3.05) is 18.4 Å². The van der Waals surface area contributed by atoms with Gasteiger partial charge in [-0.3, -0.25) is 4.57 Å². The lowest BCUT2D eigenvalue weighted by molar-refractivity contribution is 0.445. The molecule has 0 aliphatic rings. The second-order valence-corrected chi connectivity index (χ2v) is 9.31. The highest BCUT2D eigenvalue weighted by atomic mass is 32.2. The molecule has 0 fully saturated rings. The Balaban J connectivity index is 1.59. The molecule has 0 spiro atoms. The van der Waals surface area contributed by atoms with Crippen molar-refractivity contribution in [1.82, 2.24) is 23.8 Å². The number of hydrogen-bond acceptors (Lipinski definition) is 6. The molecule has 0 saturated carbocycles. The Morgan fingerprint density at radius 3 is 2.59 bits per heavy atom. The van der Waals surface area contributed by atoms with Crippen LogP contribution in [0, 0.1) is 0 Å². The van der Waals surface area contributed by atoms with Crippen LogP contribution in [-0.4, -0.2) is 45.3 Å². The van der Waals surface area contributed by atoms with Gasteiger partial charge in [0.15, 0.2) is 0 Å². The van der Waals surface area contributed by atoms with Crippen molar-refractivity contribution in [3.05, 3.63) is 72.7 Å². The number of imidazole rings is 1. The first-order valence-electron chi connectivity index (χ1n) is 10.6. The fraction of sp³-hybridized carbons (Fsp3) is 0.261. The molecule has 2 heterocycles. The Labute approximate surface area is 188 Å². The molecule has 0 aliphatic heterocycles. The van der Waals surface area contributed by atoms with Crippen molar-refractivity contribution in [3.63, 3.8) is 0 Å². The molecule has 0 radical (unpaired) electrons. The van der Waals surface area contributed by atoms with E-state index in [1.807, 2.05) is 61.7 Å². The van der Waals surface area contributed by atoms with Crippen molar-refractivity contribution < 1.29 is 8.42 Å². The zero-order valence-electron chi connectivity index (χ0n) is 18.3. The normalized spacial score (nSPS) is 12.9. The molecule has 4 aromatic rings. The largest absolute Gasteiger partial charge is 0.348 e. The van der Waals surface area contributed by atoms with E-state index in [1.54, 1.807) is 30.7 Å². The summed E-state index contributed by atoms with van der Waals surface area (Å²) in [4.78, 5) is 13.7. The number of anilines is 1. The Hall–Kier alpha value is -3.30. The standard InChI is InChI=1S/C23H26N6O2S/c1-4-28(5-2)32(30,31)19-10-8-9-18(15-19)17(3)26-23-24-14-13-22(27-23)29-16-25-20-11-6-7-12-21(20)29/h6-17H,4-5H2,1-3H3,(H,24,26,27). The summed E-state index contributed by atoms with van der Waals surface area (Å²) in [6.45, 7) is 6.48. The molecular formula is C23H26N6O2S. The van der Waals surface area contributed by atoms with E-state index in [2.05, 4.69) is 20.3 Å². The number of aromatic nitrogens is 4. The number of fused-ring (bicyclic) bond motifs is 1.